The molecule has 0 spiro atoms. The molecule has 2 N–H and O–H groups in total. The highest BCUT2D eigenvalue weighted by Gasteiger charge is 2.19. The molecule has 23 heavy (non-hydrogen) atoms. The molecule has 3 nitrogen and oxygen atoms in total. The van der Waals surface area contributed by atoms with Crippen LogP contribution in [0, 0.1) is 5.92 Å². The molecule has 0 aliphatic carbocycles. The first-order chi connectivity index (χ1) is 11.3. The quantitative estimate of drug-likeness (QED) is 0.857. The van der Waals surface area contributed by atoms with Gasteiger partial charge in [-0.25, -0.2) is 0 Å². The van der Waals surface area contributed by atoms with E-state index >= 15 is 0 Å². The Kier molecular flexibility index (Phi) is 5.67. The molecule has 0 amide bonds. The lowest BCUT2D eigenvalue weighted by Gasteiger charge is -2.31. The van der Waals surface area contributed by atoms with Crippen molar-refractivity contribution in [1.29, 1.82) is 0 Å². The first-order valence-electron chi connectivity index (χ1n) is 8.54. The monoisotopic (exact) mass is 310 g/mol. The van der Waals surface area contributed by atoms with E-state index < -0.39 is 0 Å². The average Bonchev–Trinajstić information content (AvgIpc) is 2.62. The van der Waals surface area contributed by atoms with Crippen molar-refractivity contribution in [2.24, 2.45) is 5.92 Å². The Labute approximate surface area is 139 Å². The van der Waals surface area contributed by atoms with Crippen LogP contribution in [0.2, 0.25) is 0 Å². The zero-order valence-corrected chi connectivity index (χ0v) is 13.6. The third kappa shape index (κ3) is 4.57. The zero-order valence-electron chi connectivity index (χ0n) is 13.6. The molecule has 1 aliphatic rings. The third-order valence-electron chi connectivity index (χ3n) is 4.70. The summed E-state index contributed by atoms with van der Waals surface area (Å²) in [4.78, 5) is 2.50. The van der Waals surface area contributed by atoms with Crippen LogP contribution in [0.5, 0.6) is 0 Å². The normalized spacial score (nSPS) is 16.4. The number of anilines is 1. The molecule has 0 radical (unpaired) electrons. The number of hydrogen-bond donors (Lipinski definition) is 2. The fourth-order valence-corrected chi connectivity index (χ4v) is 3.19. The number of piperidine rings is 1. The van der Waals surface area contributed by atoms with E-state index in [4.69, 9.17) is 0 Å². The summed E-state index contributed by atoms with van der Waals surface area (Å²) in [5.74, 6) is 0.498. The predicted molar refractivity (Wildman–Crippen MR) is 95.3 cm³/mol. The zero-order chi connectivity index (χ0) is 15.9. The molecule has 0 unspecified atom stereocenters. The Hall–Kier alpha value is -1.84. The van der Waals surface area contributed by atoms with Crippen LogP contribution in [0.15, 0.2) is 54.6 Å². The summed E-state index contributed by atoms with van der Waals surface area (Å²) in [6, 6.07) is 19.1. The van der Waals surface area contributed by atoms with Crippen LogP contribution < -0.4 is 5.32 Å². The second-order valence-corrected chi connectivity index (χ2v) is 6.40. The van der Waals surface area contributed by atoms with Crippen LogP contribution in [-0.4, -0.2) is 29.7 Å². The number of aliphatic hydroxyl groups excluding tert-OH is 1. The first kappa shape index (κ1) is 16.0. The van der Waals surface area contributed by atoms with Crippen LogP contribution in [0.1, 0.15) is 24.0 Å². The van der Waals surface area contributed by atoms with Crippen molar-refractivity contribution in [3.05, 3.63) is 65.7 Å². The Bertz CT molecular complexity index is 592. The molecule has 0 aromatic heterocycles. The van der Waals surface area contributed by atoms with Gasteiger partial charge < -0.3 is 10.4 Å². The van der Waals surface area contributed by atoms with Crippen LogP contribution >= 0.6 is 0 Å². The number of nitrogens with one attached hydrogen (secondary N) is 1. The smallest absolute Gasteiger partial charge is 0.0460 e. The molecule has 0 bridgehead atoms. The van der Waals surface area contributed by atoms with E-state index in [0.717, 1.165) is 39.0 Å². The molecule has 3 heteroatoms. The van der Waals surface area contributed by atoms with E-state index in [1.807, 2.05) is 6.07 Å². The topological polar surface area (TPSA) is 35.5 Å². The summed E-state index contributed by atoms with van der Waals surface area (Å²) in [5, 5.41) is 12.8. The second-order valence-electron chi connectivity index (χ2n) is 6.40. The van der Waals surface area contributed by atoms with Gasteiger partial charge in [0.15, 0.2) is 0 Å². The maximum Gasteiger partial charge on any atom is 0.0460 e. The maximum absolute atomic E-state index is 9.26. The van der Waals surface area contributed by atoms with Crippen molar-refractivity contribution in [1.82, 2.24) is 4.90 Å². The third-order valence-corrected chi connectivity index (χ3v) is 4.70. The maximum atomic E-state index is 9.26. The fraction of sp³-hybridized carbons (Fsp3) is 0.400. The van der Waals surface area contributed by atoms with Crippen LogP contribution in [0.4, 0.5) is 5.69 Å². The first-order valence-corrected chi connectivity index (χ1v) is 8.54. The summed E-state index contributed by atoms with van der Waals surface area (Å²) < 4.78 is 0. The van der Waals surface area contributed by atoms with Gasteiger partial charge in [0.1, 0.15) is 0 Å². The number of rotatable bonds is 6. The van der Waals surface area contributed by atoms with E-state index in [0.29, 0.717) is 12.5 Å². The van der Waals surface area contributed by atoms with Crippen LogP contribution in [-0.2, 0) is 13.1 Å². The minimum absolute atomic E-state index is 0.336. The van der Waals surface area contributed by atoms with E-state index in [9.17, 15) is 5.11 Å². The number of aliphatic hydroxyl groups is 1. The number of para-hydroxylation sites is 1. The minimum Gasteiger partial charge on any atom is -0.396 e. The van der Waals surface area contributed by atoms with E-state index in [-0.39, 0.29) is 0 Å². The largest absolute Gasteiger partial charge is 0.396 e. The molecule has 1 fully saturated rings. The highest BCUT2D eigenvalue weighted by molar-refractivity contribution is 5.51. The molecule has 0 saturated carbocycles. The summed E-state index contributed by atoms with van der Waals surface area (Å²) in [6.45, 7) is 4.33. The SMILES string of the molecule is OCC1CCN(Cc2ccccc2NCc2ccccc2)CC1. The highest BCUT2D eigenvalue weighted by atomic mass is 16.3. The van der Waals surface area contributed by atoms with E-state index in [1.165, 1.54) is 16.8 Å². The van der Waals surface area contributed by atoms with Gasteiger partial charge in [0.25, 0.3) is 0 Å². The lowest BCUT2D eigenvalue weighted by atomic mass is 9.97. The lowest BCUT2D eigenvalue weighted by Crippen LogP contribution is -2.34. The average molecular weight is 310 g/mol. The fourth-order valence-electron chi connectivity index (χ4n) is 3.19. The summed E-state index contributed by atoms with van der Waals surface area (Å²) in [5.41, 5.74) is 3.87. The molecule has 0 atom stereocenters. The number of benzene rings is 2. The van der Waals surface area contributed by atoms with E-state index in [2.05, 4.69) is 58.7 Å². The second kappa shape index (κ2) is 8.14. The predicted octanol–water partition coefficient (Wildman–Crippen LogP) is 3.50. The number of likely N-dealkylation sites (tertiary alicyclic amines) is 1. The summed E-state index contributed by atoms with van der Waals surface area (Å²) >= 11 is 0. The van der Waals surface area contributed by atoms with Gasteiger partial charge >= 0.3 is 0 Å². The molecule has 1 heterocycles. The van der Waals surface area contributed by atoms with Crippen LogP contribution in [0.3, 0.4) is 0 Å². The van der Waals surface area contributed by atoms with Crippen molar-refractivity contribution >= 4 is 5.69 Å². The molecule has 3 rings (SSSR count). The van der Waals surface area contributed by atoms with Crippen molar-refractivity contribution < 1.29 is 5.11 Å². The highest BCUT2D eigenvalue weighted by Crippen LogP contribution is 2.22. The molecular formula is C20H26N2O. The number of hydrogen-bond acceptors (Lipinski definition) is 3. The molecule has 2 aromatic rings. The summed E-state index contributed by atoms with van der Waals surface area (Å²) in [7, 11) is 0. The summed E-state index contributed by atoms with van der Waals surface area (Å²) in [6.07, 6.45) is 2.21. The Balaban J connectivity index is 1.59. The molecular weight excluding hydrogens is 284 g/mol. The van der Waals surface area contributed by atoms with Gasteiger partial charge in [-0.2, -0.15) is 0 Å². The van der Waals surface area contributed by atoms with Gasteiger partial charge in [-0.3, -0.25) is 4.90 Å². The van der Waals surface area contributed by atoms with Crippen molar-refractivity contribution in [2.75, 3.05) is 25.0 Å². The molecule has 1 saturated heterocycles. The van der Waals surface area contributed by atoms with Gasteiger partial charge in [0.2, 0.25) is 0 Å². The van der Waals surface area contributed by atoms with Crippen molar-refractivity contribution in [3.63, 3.8) is 0 Å². The van der Waals surface area contributed by atoms with Gasteiger partial charge in [-0.05, 0) is 49.0 Å². The van der Waals surface area contributed by atoms with Gasteiger partial charge in [-0.15, -0.1) is 0 Å². The van der Waals surface area contributed by atoms with Gasteiger partial charge in [0, 0.05) is 25.4 Å². The Morgan fingerprint density at radius 2 is 1.65 bits per heavy atom. The molecule has 1 aliphatic heterocycles. The standard InChI is InChI=1S/C20H26N2O/c23-16-18-10-12-22(13-11-18)15-19-8-4-5-9-20(19)21-14-17-6-2-1-3-7-17/h1-9,18,21,23H,10-16H2. The van der Waals surface area contributed by atoms with Crippen molar-refractivity contribution in [3.8, 4) is 0 Å². The van der Waals surface area contributed by atoms with E-state index in [1.54, 1.807) is 0 Å². The Morgan fingerprint density at radius 1 is 0.957 bits per heavy atom. The molecule has 2 aromatic carbocycles. The lowest BCUT2D eigenvalue weighted by molar-refractivity contribution is 0.127. The van der Waals surface area contributed by atoms with Crippen LogP contribution in [0.25, 0.3) is 0 Å². The van der Waals surface area contributed by atoms with Gasteiger partial charge in [0.05, 0.1) is 0 Å². The van der Waals surface area contributed by atoms with Gasteiger partial charge in [-0.1, -0.05) is 48.5 Å². The molecule has 122 valence electrons. The minimum atomic E-state index is 0.336. The Morgan fingerprint density at radius 3 is 2.39 bits per heavy atom. The number of nitrogens with zero attached hydrogens (tertiary/aromatic N) is 1. The van der Waals surface area contributed by atoms with Crippen molar-refractivity contribution in [2.45, 2.75) is 25.9 Å².